The van der Waals surface area contributed by atoms with E-state index in [0.717, 1.165) is 0 Å². The van der Waals surface area contributed by atoms with Crippen LogP contribution in [-0.2, 0) is 19.1 Å². The van der Waals surface area contributed by atoms with Gasteiger partial charge in [-0.1, -0.05) is 6.42 Å². The standard InChI is InChI=1S/C12H20N2O7/c13-4-2-1-3-6(14)11(18)21-10-8(17)12(19)20-9(10)7(16)5-15/h6-7,9,15-17H,1-5,13-14H2/t6-,7-,9+/m0/s1. The number of carbonyl (C=O) groups is 2. The Kier molecular flexibility index (Phi) is 6.56. The fourth-order valence-electron chi connectivity index (χ4n) is 1.73. The molecule has 0 radical (unpaired) electrons. The number of cyclic esters (lactones) is 1. The molecule has 0 unspecified atom stereocenters. The first-order valence-corrected chi connectivity index (χ1v) is 6.52. The Morgan fingerprint density at radius 1 is 1.43 bits per heavy atom. The predicted octanol–water partition coefficient (Wildman–Crippen LogP) is -1.97. The molecule has 0 bridgehead atoms. The Balaban J connectivity index is 2.69. The van der Waals surface area contributed by atoms with Gasteiger partial charge in [-0.15, -0.1) is 0 Å². The lowest BCUT2D eigenvalue weighted by molar-refractivity contribution is -0.152. The van der Waals surface area contributed by atoms with Gasteiger partial charge in [0.05, 0.1) is 6.61 Å². The maximum atomic E-state index is 11.8. The second-order valence-electron chi connectivity index (χ2n) is 4.60. The quantitative estimate of drug-likeness (QED) is 0.252. The van der Waals surface area contributed by atoms with Gasteiger partial charge in [-0.25, -0.2) is 9.59 Å². The van der Waals surface area contributed by atoms with E-state index in [4.69, 9.17) is 21.3 Å². The van der Waals surface area contributed by atoms with Crippen molar-refractivity contribution in [3.8, 4) is 0 Å². The second-order valence-corrected chi connectivity index (χ2v) is 4.60. The number of aliphatic hydroxyl groups excluding tert-OH is 3. The monoisotopic (exact) mass is 304 g/mol. The van der Waals surface area contributed by atoms with E-state index in [1.54, 1.807) is 0 Å². The summed E-state index contributed by atoms with van der Waals surface area (Å²) in [5.41, 5.74) is 10.9. The average Bonchev–Trinajstić information content (AvgIpc) is 2.74. The van der Waals surface area contributed by atoms with Crippen LogP contribution < -0.4 is 11.5 Å². The zero-order valence-electron chi connectivity index (χ0n) is 11.4. The number of rotatable bonds is 8. The van der Waals surface area contributed by atoms with E-state index in [9.17, 15) is 19.8 Å². The number of carbonyl (C=O) groups excluding carboxylic acids is 2. The van der Waals surface area contributed by atoms with Crippen molar-refractivity contribution in [3.05, 3.63) is 11.5 Å². The fourth-order valence-corrected chi connectivity index (χ4v) is 1.73. The number of ether oxygens (including phenoxy) is 2. The second kappa shape index (κ2) is 7.93. The van der Waals surface area contributed by atoms with Gasteiger partial charge in [0.25, 0.3) is 0 Å². The van der Waals surface area contributed by atoms with Gasteiger partial charge in [-0.2, -0.15) is 0 Å². The van der Waals surface area contributed by atoms with Gasteiger partial charge in [-0.3, -0.25) is 0 Å². The number of esters is 2. The molecular weight excluding hydrogens is 284 g/mol. The lowest BCUT2D eigenvalue weighted by Crippen LogP contribution is -2.37. The fraction of sp³-hybridized carbons (Fsp3) is 0.667. The van der Waals surface area contributed by atoms with E-state index < -0.39 is 48.3 Å². The maximum Gasteiger partial charge on any atom is 0.378 e. The highest BCUT2D eigenvalue weighted by Crippen LogP contribution is 2.25. The molecule has 1 aliphatic rings. The van der Waals surface area contributed by atoms with Crippen LogP contribution in [0.5, 0.6) is 0 Å². The largest absolute Gasteiger partial charge is 0.499 e. The first kappa shape index (κ1) is 17.4. The Morgan fingerprint density at radius 3 is 2.67 bits per heavy atom. The van der Waals surface area contributed by atoms with Crippen molar-refractivity contribution >= 4 is 11.9 Å². The molecule has 1 heterocycles. The SMILES string of the molecule is NCCCC[C@H](N)C(=O)OC1=C(O)C(=O)O[C@@H]1[C@@H](O)CO. The van der Waals surface area contributed by atoms with E-state index in [-0.39, 0.29) is 0 Å². The highest BCUT2D eigenvalue weighted by atomic mass is 16.6. The summed E-state index contributed by atoms with van der Waals surface area (Å²) in [4.78, 5) is 23.0. The normalized spacial score (nSPS) is 21.1. The van der Waals surface area contributed by atoms with Crippen molar-refractivity contribution in [2.75, 3.05) is 13.2 Å². The van der Waals surface area contributed by atoms with Gasteiger partial charge in [0.1, 0.15) is 12.1 Å². The van der Waals surface area contributed by atoms with Crippen LogP contribution in [0.1, 0.15) is 19.3 Å². The van der Waals surface area contributed by atoms with Crippen LogP contribution in [0.3, 0.4) is 0 Å². The van der Waals surface area contributed by atoms with E-state index >= 15 is 0 Å². The number of aliphatic hydroxyl groups is 3. The number of nitrogens with two attached hydrogens (primary N) is 2. The molecule has 0 fully saturated rings. The lowest BCUT2D eigenvalue weighted by Gasteiger charge is -2.18. The summed E-state index contributed by atoms with van der Waals surface area (Å²) in [6.07, 6.45) is -1.32. The van der Waals surface area contributed by atoms with Crippen molar-refractivity contribution < 1.29 is 34.4 Å². The molecular formula is C12H20N2O7. The van der Waals surface area contributed by atoms with Crippen LogP contribution in [0.4, 0.5) is 0 Å². The van der Waals surface area contributed by atoms with Crippen LogP contribution in [0.25, 0.3) is 0 Å². The van der Waals surface area contributed by atoms with Gasteiger partial charge < -0.3 is 36.3 Å². The molecule has 1 aliphatic heterocycles. The molecule has 120 valence electrons. The third kappa shape index (κ3) is 4.39. The third-order valence-corrected chi connectivity index (χ3v) is 2.94. The van der Waals surface area contributed by atoms with Crippen LogP contribution in [0, 0.1) is 0 Å². The van der Waals surface area contributed by atoms with Crippen molar-refractivity contribution in [2.24, 2.45) is 11.5 Å². The minimum absolute atomic E-state index is 0.325. The topological polar surface area (TPSA) is 165 Å². The van der Waals surface area contributed by atoms with Gasteiger partial charge in [-0.05, 0) is 19.4 Å². The van der Waals surface area contributed by atoms with Crippen molar-refractivity contribution in [1.82, 2.24) is 0 Å². The molecule has 0 amide bonds. The minimum atomic E-state index is -1.52. The number of unbranched alkanes of at least 4 members (excludes halogenated alkanes) is 1. The smallest absolute Gasteiger partial charge is 0.378 e. The number of hydrogen-bond acceptors (Lipinski definition) is 9. The summed E-state index contributed by atoms with van der Waals surface area (Å²) < 4.78 is 9.45. The summed E-state index contributed by atoms with van der Waals surface area (Å²) in [7, 11) is 0. The van der Waals surface area contributed by atoms with E-state index in [1.807, 2.05) is 0 Å². The van der Waals surface area contributed by atoms with Crippen LogP contribution >= 0.6 is 0 Å². The molecule has 0 aromatic carbocycles. The molecule has 21 heavy (non-hydrogen) atoms. The molecule has 0 aromatic rings. The van der Waals surface area contributed by atoms with E-state index in [2.05, 4.69) is 4.74 Å². The molecule has 9 heteroatoms. The predicted molar refractivity (Wildman–Crippen MR) is 69.6 cm³/mol. The highest BCUT2D eigenvalue weighted by Gasteiger charge is 2.42. The Morgan fingerprint density at radius 2 is 2.10 bits per heavy atom. The van der Waals surface area contributed by atoms with Crippen molar-refractivity contribution in [2.45, 2.75) is 37.5 Å². The van der Waals surface area contributed by atoms with E-state index in [0.29, 0.717) is 25.8 Å². The molecule has 0 saturated carbocycles. The third-order valence-electron chi connectivity index (χ3n) is 2.94. The molecule has 9 nitrogen and oxygen atoms in total. The lowest BCUT2D eigenvalue weighted by atomic mass is 10.1. The molecule has 1 rings (SSSR count). The summed E-state index contributed by atoms with van der Waals surface area (Å²) in [6, 6.07) is -0.959. The van der Waals surface area contributed by atoms with Crippen molar-refractivity contribution in [1.29, 1.82) is 0 Å². The highest BCUT2D eigenvalue weighted by molar-refractivity contribution is 5.90. The molecule has 3 atom stereocenters. The first-order valence-electron chi connectivity index (χ1n) is 6.52. The van der Waals surface area contributed by atoms with Crippen LogP contribution in [-0.4, -0.2) is 58.7 Å². The molecule has 0 aliphatic carbocycles. The molecule has 0 saturated heterocycles. The van der Waals surface area contributed by atoms with Crippen LogP contribution in [0.2, 0.25) is 0 Å². The zero-order valence-corrected chi connectivity index (χ0v) is 11.4. The summed E-state index contributed by atoms with van der Waals surface area (Å²) in [5, 5.41) is 27.8. The first-order chi connectivity index (χ1) is 9.92. The average molecular weight is 304 g/mol. The van der Waals surface area contributed by atoms with Crippen molar-refractivity contribution in [3.63, 3.8) is 0 Å². The Hall–Kier alpha value is -1.68. The molecule has 0 aromatic heterocycles. The van der Waals surface area contributed by atoms with Gasteiger partial charge >= 0.3 is 11.9 Å². The summed E-state index contributed by atoms with van der Waals surface area (Å²) in [6.45, 7) is -0.268. The Labute approximate surface area is 121 Å². The zero-order chi connectivity index (χ0) is 16.0. The van der Waals surface area contributed by atoms with Gasteiger partial charge in [0.15, 0.2) is 6.10 Å². The number of hydrogen-bond donors (Lipinski definition) is 5. The Bertz CT molecular complexity index is 424. The van der Waals surface area contributed by atoms with Gasteiger partial charge in [0, 0.05) is 0 Å². The molecule has 0 spiro atoms. The van der Waals surface area contributed by atoms with Gasteiger partial charge in [0.2, 0.25) is 11.5 Å². The summed E-state index contributed by atoms with van der Waals surface area (Å²) in [5.74, 6) is -3.48. The minimum Gasteiger partial charge on any atom is -0.499 e. The van der Waals surface area contributed by atoms with Crippen LogP contribution in [0.15, 0.2) is 11.5 Å². The van der Waals surface area contributed by atoms with E-state index in [1.165, 1.54) is 0 Å². The molecule has 7 N–H and O–H groups in total. The maximum absolute atomic E-state index is 11.8. The summed E-state index contributed by atoms with van der Waals surface area (Å²) >= 11 is 0.